The minimum absolute atomic E-state index is 0.00901. The Kier molecular flexibility index (Phi) is 4.81. The lowest BCUT2D eigenvalue weighted by Gasteiger charge is -2.26. The van der Waals surface area contributed by atoms with Crippen LogP contribution in [0.2, 0.25) is 0 Å². The van der Waals surface area contributed by atoms with E-state index in [9.17, 15) is 4.79 Å². The molecule has 1 saturated carbocycles. The van der Waals surface area contributed by atoms with Crippen molar-refractivity contribution in [2.45, 2.75) is 38.0 Å². The number of nitrogens with one attached hydrogen (secondary N) is 2. The number of anilines is 2. The molecule has 5 heterocycles. The highest BCUT2D eigenvalue weighted by Crippen LogP contribution is 2.35. The van der Waals surface area contributed by atoms with E-state index in [1.165, 1.54) is 11.1 Å². The minimum Gasteiger partial charge on any atom is -0.469 e. The predicted molar refractivity (Wildman–Crippen MR) is 130 cm³/mol. The molecule has 178 valence electrons. The van der Waals surface area contributed by atoms with E-state index >= 15 is 0 Å². The lowest BCUT2D eigenvalue weighted by atomic mass is 10.0. The highest BCUT2D eigenvalue weighted by Gasteiger charge is 2.31. The van der Waals surface area contributed by atoms with Crippen molar-refractivity contribution in [3.05, 3.63) is 64.1 Å². The van der Waals surface area contributed by atoms with Crippen molar-refractivity contribution in [3.63, 3.8) is 0 Å². The standard InChI is InChI=1S/C25H25N7O3/c33-24-20-12-27-25(28-17-5-4-15-8-9-26-11-16(15)10-17)30-23(20)32(31(24)18-6-7-18)21-2-1-3-22(29-21)35-19-13-34-14-19/h1-5,10,12,18-19,26H,6-9,11,13-14H2,(H,27,28,30). The maximum Gasteiger partial charge on any atom is 0.278 e. The number of rotatable bonds is 6. The first-order valence-corrected chi connectivity index (χ1v) is 12.0. The van der Waals surface area contributed by atoms with Crippen LogP contribution in [0.25, 0.3) is 16.9 Å². The number of fused-ring (bicyclic) bond motifs is 2. The van der Waals surface area contributed by atoms with Gasteiger partial charge in [0.1, 0.15) is 11.5 Å². The topological polar surface area (TPSA) is 108 Å². The Morgan fingerprint density at radius 1 is 1.11 bits per heavy atom. The maximum atomic E-state index is 13.3. The maximum absolute atomic E-state index is 13.3. The number of aromatic nitrogens is 5. The predicted octanol–water partition coefficient (Wildman–Crippen LogP) is 2.48. The molecule has 4 aromatic rings. The van der Waals surface area contributed by atoms with Crippen LogP contribution in [0.1, 0.15) is 30.0 Å². The molecular formula is C25H25N7O3. The molecule has 1 aliphatic carbocycles. The number of hydrogen-bond donors (Lipinski definition) is 2. The fraction of sp³-hybridized carbons (Fsp3) is 0.360. The van der Waals surface area contributed by atoms with E-state index in [-0.39, 0.29) is 17.7 Å². The molecule has 3 aromatic heterocycles. The van der Waals surface area contributed by atoms with Crippen molar-refractivity contribution in [2.75, 3.05) is 25.1 Å². The zero-order chi connectivity index (χ0) is 23.4. The van der Waals surface area contributed by atoms with Crippen molar-refractivity contribution in [3.8, 4) is 11.7 Å². The smallest absolute Gasteiger partial charge is 0.278 e. The van der Waals surface area contributed by atoms with Crippen LogP contribution in [0.15, 0.2) is 47.4 Å². The number of benzene rings is 1. The summed E-state index contributed by atoms with van der Waals surface area (Å²) in [5.74, 6) is 1.52. The van der Waals surface area contributed by atoms with Crippen molar-refractivity contribution in [2.24, 2.45) is 0 Å². The van der Waals surface area contributed by atoms with Gasteiger partial charge in [-0.05, 0) is 55.1 Å². The molecule has 0 unspecified atom stereocenters. The number of ether oxygens (including phenoxy) is 2. The molecule has 1 aromatic carbocycles. The van der Waals surface area contributed by atoms with Gasteiger partial charge in [-0.3, -0.25) is 4.79 Å². The molecule has 3 aliphatic rings. The normalized spacial score (nSPS) is 17.7. The van der Waals surface area contributed by atoms with Gasteiger partial charge in [0.15, 0.2) is 11.5 Å². The molecule has 2 fully saturated rings. The Hall–Kier alpha value is -3.76. The Morgan fingerprint density at radius 3 is 2.86 bits per heavy atom. The van der Waals surface area contributed by atoms with E-state index in [1.54, 1.807) is 10.9 Å². The lowest BCUT2D eigenvalue weighted by Crippen LogP contribution is -2.38. The van der Waals surface area contributed by atoms with Gasteiger partial charge in [0.05, 0.1) is 19.3 Å². The molecule has 2 N–H and O–H groups in total. The average Bonchev–Trinajstić information content (AvgIpc) is 3.65. The van der Waals surface area contributed by atoms with Gasteiger partial charge in [-0.15, -0.1) is 0 Å². The van der Waals surface area contributed by atoms with E-state index in [0.29, 0.717) is 41.9 Å². The molecule has 0 spiro atoms. The second-order valence-corrected chi connectivity index (χ2v) is 9.27. The summed E-state index contributed by atoms with van der Waals surface area (Å²) >= 11 is 0. The van der Waals surface area contributed by atoms with Crippen LogP contribution in [0.5, 0.6) is 5.88 Å². The summed E-state index contributed by atoms with van der Waals surface area (Å²) in [6, 6.07) is 12.0. The van der Waals surface area contributed by atoms with Gasteiger partial charge in [-0.1, -0.05) is 12.1 Å². The summed E-state index contributed by atoms with van der Waals surface area (Å²) < 4.78 is 14.7. The first-order chi connectivity index (χ1) is 17.2. The van der Waals surface area contributed by atoms with Crippen LogP contribution < -0.4 is 20.9 Å². The molecule has 0 atom stereocenters. The van der Waals surface area contributed by atoms with E-state index in [1.807, 2.05) is 28.9 Å². The average molecular weight is 472 g/mol. The van der Waals surface area contributed by atoms with Crippen LogP contribution in [0.4, 0.5) is 11.6 Å². The fourth-order valence-electron chi connectivity index (χ4n) is 4.66. The Balaban J connectivity index is 1.29. The van der Waals surface area contributed by atoms with Gasteiger partial charge in [-0.2, -0.15) is 9.97 Å². The van der Waals surface area contributed by atoms with Gasteiger partial charge in [0.25, 0.3) is 5.56 Å². The summed E-state index contributed by atoms with van der Waals surface area (Å²) in [7, 11) is 0. The SMILES string of the molecule is O=c1c2cnc(Nc3ccc4c(c3)CNCC4)nc2n(-c2cccc(OC3COC3)n2)n1C1CC1. The van der Waals surface area contributed by atoms with E-state index in [2.05, 4.69) is 27.8 Å². The molecule has 10 nitrogen and oxygen atoms in total. The number of pyridine rings is 1. The van der Waals surface area contributed by atoms with Crippen molar-refractivity contribution >= 4 is 22.7 Å². The van der Waals surface area contributed by atoms with E-state index in [0.717, 1.165) is 38.0 Å². The third-order valence-electron chi connectivity index (χ3n) is 6.69. The lowest BCUT2D eigenvalue weighted by molar-refractivity contribution is -0.0813. The molecule has 35 heavy (non-hydrogen) atoms. The molecule has 1 saturated heterocycles. The zero-order valence-electron chi connectivity index (χ0n) is 19.1. The van der Waals surface area contributed by atoms with E-state index in [4.69, 9.17) is 19.4 Å². The molecule has 0 radical (unpaired) electrons. The van der Waals surface area contributed by atoms with Crippen LogP contribution in [0, 0.1) is 0 Å². The summed E-state index contributed by atoms with van der Waals surface area (Å²) in [5, 5.41) is 7.19. The van der Waals surface area contributed by atoms with Crippen LogP contribution in [-0.4, -0.2) is 50.2 Å². The number of nitrogens with zero attached hydrogens (tertiary/aromatic N) is 5. The quantitative estimate of drug-likeness (QED) is 0.442. The Labute approximate surface area is 200 Å². The zero-order valence-corrected chi connectivity index (χ0v) is 19.1. The highest BCUT2D eigenvalue weighted by atomic mass is 16.6. The van der Waals surface area contributed by atoms with Gasteiger partial charge in [-0.25, -0.2) is 14.3 Å². The molecular weight excluding hydrogens is 446 g/mol. The summed E-state index contributed by atoms with van der Waals surface area (Å²) in [4.78, 5) is 27.2. The van der Waals surface area contributed by atoms with Crippen LogP contribution >= 0.6 is 0 Å². The highest BCUT2D eigenvalue weighted by molar-refractivity contribution is 5.77. The summed E-state index contributed by atoms with van der Waals surface area (Å²) in [5.41, 5.74) is 3.98. The first-order valence-electron chi connectivity index (χ1n) is 12.0. The first kappa shape index (κ1) is 20.6. The second-order valence-electron chi connectivity index (χ2n) is 9.27. The third kappa shape index (κ3) is 3.75. The monoisotopic (exact) mass is 471 g/mol. The van der Waals surface area contributed by atoms with Gasteiger partial charge < -0.3 is 20.1 Å². The van der Waals surface area contributed by atoms with Gasteiger partial charge >= 0.3 is 0 Å². The van der Waals surface area contributed by atoms with Gasteiger partial charge in [0, 0.05) is 24.5 Å². The van der Waals surface area contributed by atoms with Crippen molar-refractivity contribution < 1.29 is 9.47 Å². The van der Waals surface area contributed by atoms with Crippen molar-refractivity contribution in [1.29, 1.82) is 0 Å². The largest absolute Gasteiger partial charge is 0.469 e. The molecule has 0 bridgehead atoms. The van der Waals surface area contributed by atoms with Crippen LogP contribution in [-0.2, 0) is 17.7 Å². The van der Waals surface area contributed by atoms with Crippen LogP contribution in [0.3, 0.4) is 0 Å². The van der Waals surface area contributed by atoms with Gasteiger partial charge in [0.2, 0.25) is 11.8 Å². The molecule has 10 heteroatoms. The Morgan fingerprint density at radius 2 is 2.03 bits per heavy atom. The number of hydrogen-bond acceptors (Lipinski definition) is 8. The Bertz CT molecular complexity index is 1490. The molecule has 7 rings (SSSR count). The second kappa shape index (κ2) is 8.17. The summed E-state index contributed by atoms with van der Waals surface area (Å²) in [6.45, 7) is 2.98. The van der Waals surface area contributed by atoms with Crippen molar-refractivity contribution in [1.82, 2.24) is 29.6 Å². The fourth-order valence-corrected chi connectivity index (χ4v) is 4.66. The molecule has 2 aliphatic heterocycles. The minimum atomic E-state index is -0.102. The van der Waals surface area contributed by atoms with E-state index < -0.39 is 0 Å². The summed E-state index contributed by atoms with van der Waals surface area (Å²) in [6.07, 6.45) is 4.55. The third-order valence-corrected chi connectivity index (χ3v) is 6.69. The molecule has 0 amide bonds.